The minimum absolute atomic E-state index is 0.0988. The lowest BCUT2D eigenvalue weighted by molar-refractivity contribution is 0.209. The summed E-state index contributed by atoms with van der Waals surface area (Å²) >= 11 is 0. The van der Waals surface area contributed by atoms with Gasteiger partial charge in [0.25, 0.3) is 0 Å². The van der Waals surface area contributed by atoms with Crippen LogP contribution < -0.4 is 10.1 Å². The number of aryl methyl sites for hydroxylation is 2. The second-order valence-electron chi connectivity index (χ2n) is 4.93. The first-order chi connectivity index (χ1) is 9.67. The Morgan fingerprint density at radius 3 is 2.55 bits per heavy atom. The van der Waals surface area contributed by atoms with Gasteiger partial charge in [-0.2, -0.15) is 0 Å². The van der Waals surface area contributed by atoms with Crippen molar-refractivity contribution < 1.29 is 4.74 Å². The number of ether oxygens (including phenoxy) is 1. The molecule has 0 saturated heterocycles. The molecule has 0 aliphatic carbocycles. The number of hydrogen-bond acceptors (Lipinski definition) is 4. The molecule has 20 heavy (non-hydrogen) atoms. The quantitative estimate of drug-likeness (QED) is 0.875. The maximum atomic E-state index is 5.97. The highest BCUT2D eigenvalue weighted by atomic mass is 16.5. The molecule has 2 aromatic rings. The van der Waals surface area contributed by atoms with E-state index < -0.39 is 0 Å². The third kappa shape index (κ3) is 4.23. The van der Waals surface area contributed by atoms with Crippen molar-refractivity contribution in [2.45, 2.75) is 33.3 Å². The first-order valence-electron chi connectivity index (χ1n) is 6.93. The molecule has 0 radical (unpaired) electrons. The van der Waals surface area contributed by atoms with Crippen molar-refractivity contribution in [3.05, 3.63) is 47.8 Å². The molecule has 1 aromatic heterocycles. The van der Waals surface area contributed by atoms with E-state index in [1.165, 1.54) is 5.56 Å². The van der Waals surface area contributed by atoms with E-state index in [0.29, 0.717) is 12.5 Å². The molecule has 4 nitrogen and oxygen atoms in total. The smallest absolute Gasteiger partial charge is 0.222 e. The Labute approximate surface area is 120 Å². The highest BCUT2D eigenvalue weighted by Gasteiger charge is 2.09. The van der Waals surface area contributed by atoms with E-state index in [2.05, 4.69) is 35.2 Å². The molecule has 1 unspecified atom stereocenters. The number of anilines is 1. The highest BCUT2D eigenvalue weighted by molar-refractivity contribution is 5.28. The fraction of sp³-hybridized carbons (Fsp3) is 0.375. The fourth-order valence-electron chi connectivity index (χ4n) is 1.84. The van der Waals surface area contributed by atoms with E-state index in [9.17, 15) is 0 Å². The van der Waals surface area contributed by atoms with Crippen LogP contribution in [0.5, 0.6) is 5.75 Å². The second kappa shape index (κ2) is 6.89. The van der Waals surface area contributed by atoms with Crippen LogP contribution in [0.3, 0.4) is 0 Å². The molecule has 1 atom stereocenters. The largest absolute Gasteiger partial charge is 0.489 e. The third-order valence-corrected chi connectivity index (χ3v) is 3.02. The van der Waals surface area contributed by atoms with Crippen LogP contribution in [-0.4, -0.2) is 22.6 Å². The topological polar surface area (TPSA) is 47.0 Å². The minimum atomic E-state index is 0.0988. The zero-order valence-electron chi connectivity index (χ0n) is 12.3. The lowest BCUT2D eigenvalue weighted by Crippen LogP contribution is -2.26. The predicted molar refractivity (Wildman–Crippen MR) is 81.1 cm³/mol. The van der Waals surface area contributed by atoms with Gasteiger partial charge in [-0.05, 0) is 43.5 Å². The number of benzene rings is 1. The predicted octanol–water partition coefficient (Wildman–Crippen LogP) is 3.36. The van der Waals surface area contributed by atoms with Gasteiger partial charge < -0.3 is 10.1 Å². The van der Waals surface area contributed by atoms with Gasteiger partial charge >= 0.3 is 0 Å². The summed E-state index contributed by atoms with van der Waals surface area (Å²) in [5.41, 5.74) is 2.26. The summed E-state index contributed by atoms with van der Waals surface area (Å²) in [6.07, 6.45) is 4.63. The normalized spacial score (nSPS) is 11.9. The Balaban J connectivity index is 1.90. The molecule has 0 aliphatic heterocycles. The van der Waals surface area contributed by atoms with Crippen LogP contribution in [0, 0.1) is 13.8 Å². The van der Waals surface area contributed by atoms with E-state index in [0.717, 1.165) is 17.7 Å². The molecular weight excluding hydrogens is 250 g/mol. The van der Waals surface area contributed by atoms with Crippen LogP contribution in [0.15, 0.2) is 36.7 Å². The van der Waals surface area contributed by atoms with Crippen molar-refractivity contribution in [1.82, 2.24) is 9.97 Å². The van der Waals surface area contributed by atoms with Crippen LogP contribution in [-0.2, 0) is 0 Å². The van der Waals surface area contributed by atoms with Gasteiger partial charge in [0.2, 0.25) is 5.95 Å². The molecule has 0 bridgehead atoms. The van der Waals surface area contributed by atoms with Gasteiger partial charge in [0.1, 0.15) is 11.9 Å². The Morgan fingerprint density at radius 2 is 1.90 bits per heavy atom. The van der Waals surface area contributed by atoms with Crippen molar-refractivity contribution >= 4 is 5.95 Å². The van der Waals surface area contributed by atoms with Gasteiger partial charge in [-0.1, -0.05) is 19.1 Å². The van der Waals surface area contributed by atoms with Crippen LogP contribution in [0.25, 0.3) is 0 Å². The Morgan fingerprint density at radius 1 is 1.15 bits per heavy atom. The van der Waals surface area contributed by atoms with Crippen molar-refractivity contribution in [1.29, 1.82) is 0 Å². The molecule has 4 heteroatoms. The maximum absolute atomic E-state index is 5.97. The van der Waals surface area contributed by atoms with Crippen LogP contribution in [0.2, 0.25) is 0 Å². The maximum Gasteiger partial charge on any atom is 0.222 e. The van der Waals surface area contributed by atoms with E-state index in [1.54, 1.807) is 12.4 Å². The number of aromatic nitrogens is 2. The molecule has 1 aromatic carbocycles. The summed E-state index contributed by atoms with van der Waals surface area (Å²) in [5.74, 6) is 1.55. The molecule has 0 aliphatic rings. The number of nitrogens with zero attached hydrogens (tertiary/aromatic N) is 2. The molecule has 2 rings (SSSR count). The average Bonchev–Trinajstić information content (AvgIpc) is 2.45. The average molecular weight is 271 g/mol. The summed E-state index contributed by atoms with van der Waals surface area (Å²) in [7, 11) is 0. The summed E-state index contributed by atoms with van der Waals surface area (Å²) in [6, 6.07) is 8.10. The van der Waals surface area contributed by atoms with Gasteiger partial charge in [-0.3, -0.25) is 0 Å². The lowest BCUT2D eigenvalue weighted by atomic mass is 10.2. The number of hydrogen-bond donors (Lipinski definition) is 1. The zero-order chi connectivity index (χ0) is 14.4. The molecule has 0 amide bonds. The number of nitrogens with one attached hydrogen (secondary N) is 1. The molecule has 1 heterocycles. The van der Waals surface area contributed by atoms with E-state index in [-0.39, 0.29) is 6.10 Å². The molecule has 0 saturated carbocycles. The first-order valence-corrected chi connectivity index (χ1v) is 6.93. The SMILES string of the molecule is CCC(CNc1ncc(C)cn1)Oc1cccc(C)c1. The van der Waals surface area contributed by atoms with Crippen molar-refractivity contribution in [2.75, 3.05) is 11.9 Å². The van der Waals surface area contributed by atoms with E-state index in [1.807, 2.05) is 25.1 Å². The molecular formula is C16H21N3O. The fourth-order valence-corrected chi connectivity index (χ4v) is 1.84. The van der Waals surface area contributed by atoms with E-state index in [4.69, 9.17) is 4.74 Å². The van der Waals surface area contributed by atoms with Crippen LogP contribution >= 0.6 is 0 Å². The summed E-state index contributed by atoms with van der Waals surface area (Å²) < 4.78 is 5.97. The van der Waals surface area contributed by atoms with Gasteiger partial charge in [0.15, 0.2) is 0 Å². The zero-order valence-corrected chi connectivity index (χ0v) is 12.3. The standard InChI is InChI=1S/C16H21N3O/c1-4-14(20-15-7-5-6-12(2)8-15)11-19-16-17-9-13(3)10-18-16/h5-10,14H,4,11H2,1-3H3,(H,17,18,19). The minimum Gasteiger partial charge on any atom is -0.489 e. The monoisotopic (exact) mass is 271 g/mol. The van der Waals surface area contributed by atoms with Gasteiger partial charge in [-0.15, -0.1) is 0 Å². The first kappa shape index (κ1) is 14.3. The molecule has 106 valence electrons. The third-order valence-electron chi connectivity index (χ3n) is 3.02. The summed E-state index contributed by atoms with van der Waals surface area (Å²) in [4.78, 5) is 8.46. The Hall–Kier alpha value is -2.10. The van der Waals surface area contributed by atoms with Gasteiger partial charge in [-0.25, -0.2) is 9.97 Å². The van der Waals surface area contributed by atoms with Crippen molar-refractivity contribution in [2.24, 2.45) is 0 Å². The lowest BCUT2D eigenvalue weighted by Gasteiger charge is -2.18. The Kier molecular flexibility index (Phi) is 4.93. The molecule has 1 N–H and O–H groups in total. The van der Waals surface area contributed by atoms with E-state index >= 15 is 0 Å². The van der Waals surface area contributed by atoms with Crippen molar-refractivity contribution in [3.8, 4) is 5.75 Å². The second-order valence-corrected chi connectivity index (χ2v) is 4.93. The van der Waals surface area contributed by atoms with Crippen LogP contribution in [0.1, 0.15) is 24.5 Å². The summed E-state index contributed by atoms with van der Waals surface area (Å²) in [5, 5.41) is 3.21. The van der Waals surface area contributed by atoms with Crippen molar-refractivity contribution in [3.63, 3.8) is 0 Å². The Bertz CT molecular complexity index is 540. The van der Waals surface area contributed by atoms with Gasteiger partial charge in [0.05, 0.1) is 6.54 Å². The molecule has 0 spiro atoms. The van der Waals surface area contributed by atoms with Gasteiger partial charge in [0, 0.05) is 12.4 Å². The molecule has 0 fully saturated rings. The van der Waals surface area contributed by atoms with Crippen LogP contribution in [0.4, 0.5) is 5.95 Å². The number of rotatable bonds is 6. The summed E-state index contributed by atoms with van der Waals surface area (Å²) in [6.45, 7) is 6.83. The highest BCUT2D eigenvalue weighted by Crippen LogP contribution is 2.15.